The first-order valence-corrected chi connectivity index (χ1v) is 11.3. The van der Waals surface area contributed by atoms with Crippen LogP contribution < -0.4 is 20.7 Å². The fourth-order valence-electron chi connectivity index (χ4n) is 3.15. The van der Waals surface area contributed by atoms with Crippen molar-refractivity contribution in [2.45, 2.75) is 32.6 Å². The number of unbranched alkanes of at least 4 members (excludes halogenated alkanes) is 3. The van der Waals surface area contributed by atoms with E-state index in [2.05, 4.69) is 22.9 Å². The van der Waals surface area contributed by atoms with Gasteiger partial charge in [0.1, 0.15) is 5.75 Å². The molecule has 0 radical (unpaired) electrons. The quantitative estimate of drug-likeness (QED) is 0.244. The summed E-state index contributed by atoms with van der Waals surface area (Å²) < 4.78 is 5.84. The van der Waals surface area contributed by atoms with Crippen LogP contribution in [0.1, 0.15) is 43.0 Å². The van der Waals surface area contributed by atoms with Crippen LogP contribution in [0.3, 0.4) is 0 Å². The van der Waals surface area contributed by atoms with E-state index in [1.807, 2.05) is 72.8 Å². The second kappa shape index (κ2) is 12.5. The summed E-state index contributed by atoms with van der Waals surface area (Å²) in [6, 6.07) is 24.9. The van der Waals surface area contributed by atoms with Gasteiger partial charge in [-0.15, -0.1) is 0 Å². The molecule has 3 rings (SSSR count). The monoisotopic (exact) mass is 447 g/mol. The summed E-state index contributed by atoms with van der Waals surface area (Å²) in [7, 11) is 0. The van der Waals surface area contributed by atoms with Crippen LogP contribution in [0.2, 0.25) is 0 Å². The third kappa shape index (κ3) is 7.39. The summed E-state index contributed by atoms with van der Waals surface area (Å²) in [6.07, 6.45) is 4.46. The predicted molar refractivity (Wildman–Crippen MR) is 136 cm³/mol. The van der Waals surface area contributed by atoms with Gasteiger partial charge in [-0.2, -0.15) is 0 Å². The molecule has 6 heteroatoms. The lowest BCUT2D eigenvalue weighted by atomic mass is 10.2. The van der Waals surface area contributed by atoms with E-state index in [4.69, 9.17) is 17.0 Å². The van der Waals surface area contributed by atoms with Crippen molar-refractivity contribution in [1.29, 1.82) is 0 Å². The van der Waals surface area contributed by atoms with Gasteiger partial charge >= 0.3 is 0 Å². The molecule has 0 aliphatic carbocycles. The average molecular weight is 448 g/mol. The van der Waals surface area contributed by atoms with E-state index in [0.29, 0.717) is 17.9 Å². The van der Waals surface area contributed by atoms with Crippen LogP contribution in [0.25, 0.3) is 0 Å². The van der Waals surface area contributed by atoms with Gasteiger partial charge in [-0.1, -0.05) is 56.5 Å². The predicted octanol–water partition coefficient (Wildman–Crippen LogP) is 6.52. The number of ether oxygens (including phenoxy) is 1. The maximum atomic E-state index is 12.7. The standard InChI is InChI=1S/C26H29N3O2S/c1-2-3-4-10-19-31-24-14-9-8-13-23(24)25(30)29-26(32)28-22-17-15-21(16-18-22)27-20-11-6-5-7-12-20/h5-9,11-18,27H,2-4,10,19H2,1H3,(H2,28,29,30,32). The second-order valence-electron chi connectivity index (χ2n) is 7.38. The molecule has 5 nitrogen and oxygen atoms in total. The maximum Gasteiger partial charge on any atom is 0.261 e. The minimum absolute atomic E-state index is 0.233. The molecule has 32 heavy (non-hydrogen) atoms. The van der Waals surface area contributed by atoms with E-state index >= 15 is 0 Å². The molecule has 0 aromatic heterocycles. The summed E-state index contributed by atoms with van der Waals surface area (Å²) in [5.74, 6) is 0.273. The van der Waals surface area contributed by atoms with Crippen molar-refractivity contribution in [3.8, 4) is 5.75 Å². The molecule has 166 valence electrons. The minimum atomic E-state index is -0.297. The number of benzene rings is 3. The zero-order valence-electron chi connectivity index (χ0n) is 18.3. The number of hydrogen-bond donors (Lipinski definition) is 3. The van der Waals surface area contributed by atoms with Gasteiger partial charge in [0.05, 0.1) is 12.2 Å². The number of nitrogens with one attached hydrogen (secondary N) is 3. The van der Waals surface area contributed by atoms with Gasteiger partial charge in [0, 0.05) is 17.1 Å². The number of thiocarbonyl (C=S) groups is 1. The lowest BCUT2D eigenvalue weighted by Gasteiger charge is -2.13. The van der Waals surface area contributed by atoms with Gasteiger partial charge < -0.3 is 15.4 Å². The molecule has 0 saturated heterocycles. The normalized spacial score (nSPS) is 10.3. The van der Waals surface area contributed by atoms with Crippen molar-refractivity contribution < 1.29 is 9.53 Å². The highest BCUT2D eigenvalue weighted by Gasteiger charge is 2.13. The molecule has 0 aliphatic rings. The molecule has 3 N–H and O–H groups in total. The highest BCUT2D eigenvalue weighted by Crippen LogP contribution is 2.20. The molecular formula is C26H29N3O2S. The molecule has 0 spiro atoms. The summed E-state index contributed by atoms with van der Waals surface area (Å²) in [4.78, 5) is 12.7. The van der Waals surface area contributed by atoms with Gasteiger partial charge in [-0.3, -0.25) is 10.1 Å². The smallest absolute Gasteiger partial charge is 0.261 e. The Morgan fingerprint density at radius 2 is 1.47 bits per heavy atom. The molecule has 0 saturated carbocycles. The Labute approximate surface area is 195 Å². The molecule has 0 bridgehead atoms. The van der Waals surface area contributed by atoms with E-state index in [9.17, 15) is 4.79 Å². The maximum absolute atomic E-state index is 12.7. The second-order valence-corrected chi connectivity index (χ2v) is 7.79. The first-order chi connectivity index (χ1) is 15.7. The Kier molecular flexibility index (Phi) is 9.07. The van der Waals surface area contributed by atoms with E-state index in [1.54, 1.807) is 6.07 Å². The van der Waals surface area contributed by atoms with Crippen LogP contribution in [0.5, 0.6) is 5.75 Å². The van der Waals surface area contributed by atoms with Crippen molar-refractivity contribution in [3.63, 3.8) is 0 Å². The third-order valence-electron chi connectivity index (χ3n) is 4.82. The first-order valence-electron chi connectivity index (χ1n) is 10.9. The van der Waals surface area contributed by atoms with Gasteiger partial charge in [0.15, 0.2) is 5.11 Å². The molecule has 3 aromatic rings. The number of para-hydroxylation sites is 2. The average Bonchev–Trinajstić information content (AvgIpc) is 2.81. The fourth-order valence-corrected chi connectivity index (χ4v) is 3.36. The van der Waals surface area contributed by atoms with Crippen LogP contribution in [0, 0.1) is 0 Å². The van der Waals surface area contributed by atoms with Crippen molar-refractivity contribution in [3.05, 3.63) is 84.4 Å². The van der Waals surface area contributed by atoms with E-state index in [1.165, 1.54) is 12.8 Å². The number of rotatable bonds is 10. The van der Waals surface area contributed by atoms with E-state index in [0.717, 1.165) is 29.9 Å². The molecular weight excluding hydrogens is 418 g/mol. The molecule has 1 amide bonds. The van der Waals surface area contributed by atoms with Gasteiger partial charge in [0.25, 0.3) is 5.91 Å². The highest BCUT2D eigenvalue weighted by atomic mass is 32.1. The molecule has 0 fully saturated rings. The van der Waals surface area contributed by atoms with Gasteiger partial charge in [-0.05, 0) is 67.2 Å². The Balaban J connectivity index is 1.52. The Morgan fingerprint density at radius 1 is 0.812 bits per heavy atom. The summed E-state index contributed by atoms with van der Waals surface area (Å²) >= 11 is 5.33. The molecule has 3 aromatic carbocycles. The summed E-state index contributed by atoms with van der Waals surface area (Å²) in [5, 5.41) is 9.35. The zero-order valence-corrected chi connectivity index (χ0v) is 19.1. The zero-order chi connectivity index (χ0) is 22.6. The van der Waals surface area contributed by atoms with Crippen LogP contribution >= 0.6 is 12.2 Å². The lowest BCUT2D eigenvalue weighted by Crippen LogP contribution is -2.34. The number of amides is 1. The van der Waals surface area contributed by atoms with Crippen molar-refractivity contribution in [2.75, 3.05) is 17.2 Å². The van der Waals surface area contributed by atoms with Crippen molar-refractivity contribution in [1.82, 2.24) is 5.32 Å². The third-order valence-corrected chi connectivity index (χ3v) is 5.02. The van der Waals surface area contributed by atoms with E-state index in [-0.39, 0.29) is 11.0 Å². The van der Waals surface area contributed by atoms with Crippen LogP contribution in [0.4, 0.5) is 17.1 Å². The first kappa shape index (κ1) is 23.3. The van der Waals surface area contributed by atoms with Crippen LogP contribution in [-0.2, 0) is 0 Å². The molecule has 0 unspecified atom stereocenters. The Morgan fingerprint density at radius 3 is 2.22 bits per heavy atom. The number of hydrogen-bond acceptors (Lipinski definition) is 4. The lowest BCUT2D eigenvalue weighted by molar-refractivity contribution is 0.0973. The van der Waals surface area contributed by atoms with E-state index < -0.39 is 0 Å². The summed E-state index contributed by atoms with van der Waals surface area (Å²) in [5.41, 5.74) is 3.23. The largest absolute Gasteiger partial charge is 0.493 e. The van der Waals surface area contributed by atoms with Crippen molar-refractivity contribution in [2.24, 2.45) is 0 Å². The number of carbonyl (C=O) groups excluding carboxylic acids is 1. The van der Waals surface area contributed by atoms with Gasteiger partial charge in [0.2, 0.25) is 0 Å². The molecule has 0 heterocycles. The summed E-state index contributed by atoms with van der Waals surface area (Å²) in [6.45, 7) is 2.77. The van der Waals surface area contributed by atoms with Crippen LogP contribution in [0.15, 0.2) is 78.9 Å². The Hall–Kier alpha value is -3.38. The topological polar surface area (TPSA) is 62.4 Å². The molecule has 0 aliphatic heterocycles. The fraction of sp³-hybridized carbons (Fsp3) is 0.231. The van der Waals surface area contributed by atoms with Gasteiger partial charge in [-0.25, -0.2) is 0 Å². The van der Waals surface area contributed by atoms with Crippen molar-refractivity contribution >= 4 is 40.3 Å². The molecule has 0 atom stereocenters. The minimum Gasteiger partial charge on any atom is -0.493 e. The van der Waals surface area contributed by atoms with Crippen LogP contribution in [-0.4, -0.2) is 17.6 Å². The SMILES string of the molecule is CCCCCCOc1ccccc1C(=O)NC(=S)Nc1ccc(Nc2ccccc2)cc1. The number of anilines is 3. The Bertz CT molecular complexity index is 1010. The highest BCUT2D eigenvalue weighted by molar-refractivity contribution is 7.80. The number of carbonyl (C=O) groups is 1.